The van der Waals surface area contributed by atoms with E-state index in [9.17, 15) is 0 Å². The molecule has 0 amide bonds. The summed E-state index contributed by atoms with van der Waals surface area (Å²) in [6.45, 7) is 4.19. The number of rotatable bonds is 3. The Balaban J connectivity index is 2.62. The van der Waals surface area contributed by atoms with Crippen LogP contribution in [-0.2, 0) is 0 Å². The lowest BCUT2D eigenvalue weighted by Gasteiger charge is -2.20. The molecule has 0 heterocycles. The average Bonchev–Trinajstić information content (AvgIpc) is 2.41. The van der Waals surface area contributed by atoms with Gasteiger partial charge in [0, 0.05) is 13.6 Å². The lowest BCUT2D eigenvalue weighted by Crippen LogP contribution is -2.03. The van der Waals surface area contributed by atoms with E-state index in [2.05, 4.69) is 98.6 Å². The van der Waals surface area contributed by atoms with Crippen LogP contribution in [0.1, 0.15) is 27.1 Å². The van der Waals surface area contributed by atoms with Gasteiger partial charge in [0.05, 0.1) is 11.9 Å². The molecular formula is C16H15Br2IO. The molecule has 1 atom stereocenters. The van der Waals surface area contributed by atoms with Gasteiger partial charge in [0.15, 0.2) is 0 Å². The first-order valence-corrected chi connectivity index (χ1v) is 8.97. The fourth-order valence-electron chi connectivity index (χ4n) is 2.28. The minimum absolute atomic E-state index is 0.114. The number of hydrogen-bond acceptors (Lipinski definition) is 1. The highest BCUT2D eigenvalue weighted by atomic mass is 127. The summed E-state index contributed by atoms with van der Waals surface area (Å²) >= 11 is 9.81. The van der Waals surface area contributed by atoms with Gasteiger partial charge in [-0.05, 0) is 71.3 Å². The highest BCUT2D eigenvalue weighted by Crippen LogP contribution is 2.43. The summed E-state index contributed by atoms with van der Waals surface area (Å²) in [5.41, 5.74) is 4.75. The summed E-state index contributed by atoms with van der Waals surface area (Å²) in [7, 11) is 1.73. The molecule has 0 radical (unpaired) electrons. The van der Waals surface area contributed by atoms with Crippen molar-refractivity contribution in [3.8, 4) is 5.75 Å². The van der Waals surface area contributed by atoms with Crippen LogP contribution in [0.15, 0.2) is 34.8 Å². The van der Waals surface area contributed by atoms with Crippen LogP contribution in [0.25, 0.3) is 0 Å². The van der Waals surface area contributed by atoms with Crippen molar-refractivity contribution in [2.24, 2.45) is 0 Å². The maximum absolute atomic E-state index is 5.63. The standard InChI is InChI=1S/C16H15Br2IO/c1-9-7-13(17)10(2)14(16(9)20-3)15(18)11-5-4-6-12(19)8-11/h4-8,15H,1-3H3. The fourth-order valence-corrected chi connectivity index (χ4v) is 4.24. The quantitative estimate of drug-likeness (QED) is 0.355. The molecule has 2 rings (SSSR count). The SMILES string of the molecule is COc1c(C)cc(Br)c(C)c1C(Br)c1cccc(I)c1. The van der Waals surface area contributed by atoms with Crippen molar-refractivity contribution < 1.29 is 4.74 Å². The van der Waals surface area contributed by atoms with Crippen LogP contribution in [0.2, 0.25) is 0 Å². The third-order valence-corrected chi connectivity index (χ3v) is 5.79. The molecule has 0 bridgehead atoms. The second-order valence-corrected chi connectivity index (χ2v) is 7.68. The third-order valence-electron chi connectivity index (χ3n) is 3.31. The van der Waals surface area contributed by atoms with Gasteiger partial charge < -0.3 is 4.74 Å². The van der Waals surface area contributed by atoms with E-state index in [1.54, 1.807) is 7.11 Å². The first-order valence-electron chi connectivity index (χ1n) is 6.18. The fraction of sp³-hybridized carbons (Fsp3) is 0.250. The van der Waals surface area contributed by atoms with Gasteiger partial charge in [0.25, 0.3) is 0 Å². The molecule has 0 aliphatic carbocycles. The highest BCUT2D eigenvalue weighted by Gasteiger charge is 2.21. The van der Waals surface area contributed by atoms with E-state index in [4.69, 9.17) is 4.74 Å². The summed E-state index contributed by atoms with van der Waals surface area (Å²) in [5.74, 6) is 0.950. The number of benzene rings is 2. The zero-order valence-electron chi connectivity index (χ0n) is 11.5. The Kier molecular flexibility index (Phi) is 5.54. The zero-order valence-corrected chi connectivity index (χ0v) is 16.8. The number of halogens is 3. The van der Waals surface area contributed by atoms with E-state index in [1.165, 1.54) is 20.3 Å². The van der Waals surface area contributed by atoms with Crippen molar-refractivity contribution in [1.82, 2.24) is 0 Å². The normalized spacial score (nSPS) is 12.3. The van der Waals surface area contributed by atoms with Crippen molar-refractivity contribution in [3.63, 3.8) is 0 Å². The second-order valence-electron chi connectivity index (χ2n) is 4.66. The number of alkyl halides is 1. The summed E-state index contributed by atoms with van der Waals surface area (Å²) in [4.78, 5) is 0.114. The smallest absolute Gasteiger partial charge is 0.126 e. The molecular weight excluding hydrogens is 495 g/mol. The molecule has 0 aliphatic rings. The van der Waals surface area contributed by atoms with E-state index in [-0.39, 0.29) is 4.83 Å². The average molecular weight is 510 g/mol. The summed E-state index contributed by atoms with van der Waals surface area (Å²) in [5, 5.41) is 0. The minimum Gasteiger partial charge on any atom is -0.496 e. The third kappa shape index (κ3) is 3.22. The Morgan fingerprint density at radius 2 is 1.90 bits per heavy atom. The highest BCUT2D eigenvalue weighted by molar-refractivity contribution is 14.1. The minimum atomic E-state index is 0.114. The second kappa shape index (κ2) is 6.79. The van der Waals surface area contributed by atoms with Crippen molar-refractivity contribution in [2.45, 2.75) is 18.7 Å². The number of ether oxygens (including phenoxy) is 1. The predicted octanol–water partition coefficient (Wildman–Crippen LogP) is 6.16. The van der Waals surface area contributed by atoms with Gasteiger partial charge in [-0.1, -0.05) is 44.0 Å². The lowest BCUT2D eigenvalue weighted by atomic mass is 9.97. The van der Waals surface area contributed by atoms with Crippen molar-refractivity contribution in [1.29, 1.82) is 0 Å². The maximum atomic E-state index is 5.63. The Morgan fingerprint density at radius 3 is 2.50 bits per heavy atom. The molecule has 0 aliphatic heterocycles. The molecule has 0 N–H and O–H groups in total. The van der Waals surface area contributed by atoms with E-state index in [1.807, 2.05) is 0 Å². The van der Waals surface area contributed by atoms with Gasteiger partial charge in [-0.25, -0.2) is 0 Å². The summed E-state index contributed by atoms with van der Waals surface area (Å²) in [6, 6.07) is 10.6. The van der Waals surface area contributed by atoms with Crippen LogP contribution in [-0.4, -0.2) is 7.11 Å². The Morgan fingerprint density at radius 1 is 1.20 bits per heavy atom. The summed E-state index contributed by atoms with van der Waals surface area (Å²) in [6.07, 6.45) is 0. The molecule has 106 valence electrons. The van der Waals surface area contributed by atoms with E-state index < -0.39 is 0 Å². The van der Waals surface area contributed by atoms with E-state index in [0.717, 1.165) is 15.8 Å². The molecule has 0 saturated heterocycles. The van der Waals surface area contributed by atoms with Gasteiger partial charge in [-0.3, -0.25) is 0 Å². The van der Waals surface area contributed by atoms with Gasteiger partial charge >= 0.3 is 0 Å². The molecule has 1 nitrogen and oxygen atoms in total. The van der Waals surface area contributed by atoms with Crippen LogP contribution in [0.4, 0.5) is 0 Å². The molecule has 20 heavy (non-hydrogen) atoms. The van der Waals surface area contributed by atoms with Gasteiger partial charge in [-0.15, -0.1) is 0 Å². The van der Waals surface area contributed by atoms with Crippen LogP contribution in [0, 0.1) is 17.4 Å². The molecule has 0 spiro atoms. The van der Waals surface area contributed by atoms with Crippen LogP contribution >= 0.6 is 54.5 Å². The van der Waals surface area contributed by atoms with Crippen molar-refractivity contribution >= 4 is 54.5 Å². The van der Waals surface area contributed by atoms with Gasteiger partial charge in [0.2, 0.25) is 0 Å². The number of methoxy groups -OCH3 is 1. The Labute approximate surface area is 150 Å². The molecule has 1 unspecified atom stereocenters. The van der Waals surface area contributed by atoms with Gasteiger partial charge in [-0.2, -0.15) is 0 Å². The molecule has 4 heteroatoms. The lowest BCUT2D eigenvalue weighted by molar-refractivity contribution is 0.406. The Hall–Kier alpha value is -0.0700. The molecule has 2 aromatic carbocycles. The number of aryl methyl sites for hydroxylation is 1. The first kappa shape index (κ1) is 16.3. The molecule has 2 aromatic rings. The largest absolute Gasteiger partial charge is 0.496 e. The predicted molar refractivity (Wildman–Crippen MR) is 100 cm³/mol. The monoisotopic (exact) mass is 508 g/mol. The van der Waals surface area contributed by atoms with E-state index in [0.29, 0.717) is 0 Å². The molecule has 0 saturated carbocycles. The topological polar surface area (TPSA) is 9.23 Å². The Bertz CT molecular complexity index is 641. The molecule has 0 fully saturated rings. The van der Waals surface area contributed by atoms with Crippen LogP contribution in [0.3, 0.4) is 0 Å². The molecule has 0 aromatic heterocycles. The maximum Gasteiger partial charge on any atom is 0.126 e. The van der Waals surface area contributed by atoms with Crippen molar-refractivity contribution in [2.75, 3.05) is 7.11 Å². The van der Waals surface area contributed by atoms with Gasteiger partial charge in [0.1, 0.15) is 5.75 Å². The van der Waals surface area contributed by atoms with Crippen molar-refractivity contribution in [3.05, 3.63) is 60.6 Å². The van der Waals surface area contributed by atoms with Crippen LogP contribution in [0.5, 0.6) is 5.75 Å². The zero-order chi connectivity index (χ0) is 14.9. The summed E-state index contributed by atoms with van der Waals surface area (Å²) < 4.78 is 7.97. The van der Waals surface area contributed by atoms with E-state index >= 15 is 0 Å². The first-order chi connectivity index (χ1) is 9.45. The van der Waals surface area contributed by atoms with Crippen LogP contribution < -0.4 is 4.74 Å². The number of hydrogen-bond donors (Lipinski definition) is 0.